The largest absolute Gasteiger partial charge is 0.368 e. The van der Waals surface area contributed by atoms with Crippen LogP contribution in [0.3, 0.4) is 0 Å². The molecule has 2 fully saturated rings. The lowest BCUT2D eigenvalue weighted by molar-refractivity contribution is -0.0444. The molecule has 0 bridgehead atoms. The van der Waals surface area contributed by atoms with Crippen LogP contribution in [-0.4, -0.2) is 40.6 Å². The molecule has 0 amide bonds. The summed E-state index contributed by atoms with van der Waals surface area (Å²) in [7, 11) is 0. The van der Waals surface area contributed by atoms with Crippen LogP contribution in [0.1, 0.15) is 50.2 Å². The van der Waals surface area contributed by atoms with Gasteiger partial charge in [-0.2, -0.15) is 0 Å². The van der Waals surface area contributed by atoms with Gasteiger partial charge in [0.15, 0.2) is 0 Å². The molecule has 2 heterocycles. The first kappa shape index (κ1) is 14.6. The van der Waals surface area contributed by atoms with Gasteiger partial charge in [-0.3, -0.25) is 4.90 Å². The van der Waals surface area contributed by atoms with E-state index in [1.165, 1.54) is 18.5 Å². The molecule has 1 aliphatic heterocycles. The molecule has 0 aromatic carbocycles. The Hall–Kier alpha value is -0.300. The Morgan fingerprint density at radius 1 is 1.45 bits per heavy atom. The van der Waals surface area contributed by atoms with Crippen LogP contribution >= 0.6 is 28.1 Å². The average molecular weight is 358 g/mol. The summed E-state index contributed by atoms with van der Waals surface area (Å²) in [5.41, 5.74) is 1.20. The van der Waals surface area contributed by atoms with Gasteiger partial charge in [-0.25, -0.2) is 4.98 Å². The topological polar surface area (TPSA) is 41.1 Å². The molecule has 1 saturated carbocycles. The van der Waals surface area contributed by atoms with Crippen molar-refractivity contribution >= 4 is 28.1 Å². The van der Waals surface area contributed by atoms with E-state index in [1.54, 1.807) is 0 Å². The molecule has 4 nitrogen and oxygen atoms in total. The Bertz CT molecular complexity index is 556. The maximum Gasteiger partial charge on any atom is 0.144 e. The van der Waals surface area contributed by atoms with E-state index in [2.05, 4.69) is 44.6 Å². The third-order valence-corrected chi connectivity index (χ3v) is 5.39. The summed E-state index contributed by atoms with van der Waals surface area (Å²) in [5, 5.41) is 0. The lowest BCUT2D eigenvalue weighted by atomic mass is 10.2. The quantitative estimate of drug-likeness (QED) is 0.839. The van der Waals surface area contributed by atoms with E-state index >= 15 is 0 Å². The average Bonchev–Trinajstić information content (AvgIpc) is 3.26. The summed E-state index contributed by atoms with van der Waals surface area (Å²) in [4.78, 5) is 10.4. The molecule has 1 saturated heterocycles. The number of halogens is 1. The third kappa shape index (κ3) is 2.98. The second kappa shape index (κ2) is 5.83. The number of aromatic nitrogens is 2. The van der Waals surface area contributed by atoms with Crippen molar-refractivity contribution in [1.29, 1.82) is 0 Å². The molecule has 1 atom stereocenters. The summed E-state index contributed by atoms with van der Waals surface area (Å²) in [6.07, 6.45) is 2.46. The highest BCUT2D eigenvalue weighted by Gasteiger charge is 2.30. The predicted molar refractivity (Wildman–Crippen MR) is 84.5 cm³/mol. The normalized spacial score (nSPS) is 24.3. The maximum atomic E-state index is 5.90. The highest BCUT2D eigenvalue weighted by Crippen LogP contribution is 2.42. The Balaban J connectivity index is 1.88. The van der Waals surface area contributed by atoms with Crippen LogP contribution < -0.4 is 0 Å². The second-order valence-corrected chi connectivity index (χ2v) is 7.06. The minimum absolute atomic E-state index is 0.00144. The van der Waals surface area contributed by atoms with Crippen LogP contribution in [0.5, 0.6) is 0 Å². The molecule has 2 aliphatic rings. The number of aromatic amines is 1. The van der Waals surface area contributed by atoms with Crippen molar-refractivity contribution in [2.75, 3.05) is 19.7 Å². The fourth-order valence-electron chi connectivity index (χ4n) is 2.60. The van der Waals surface area contributed by atoms with Gasteiger partial charge in [0, 0.05) is 30.7 Å². The van der Waals surface area contributed by atoms with Crippen molar-refractivity contribution in [3.63, 3.8) is 0 Å². The Morgan fingerprint density at radius 3 is 2.85 bits per heavy atom. The number of nitrogens with one attached hydrogen (secondary N) is 1. The number of hydrogen-bond donors (Lipinski definition) is 1. The van der Waals surface area contributed by atoms with Gasteiger partial charge in [0.25, 0.3) is 0 Å². The van der Waals surface area contributed by atoms with Crippen molar-refractivity contribution < 1.29 is 4.74 Å². The van der Waals surface area contributed by atoms with E-state index in [9.17, 15) is 0 Å². The van der Waals surface area contributed by atoms with Crippen LogP contribution in [0, 0.1) is 4.64 Å². The molecule has 1 unspecified atom stereocenters. The monoisotopic (exact) mass is 357 g/mol. The smallest absolute Gasteiger partial charge is 0.144 e. The third-order valence-electron chi connectivity index (χ3n) is 4.03. The van der Waals surface area contributed by atoms with Crippen LogP contribution in [0.2, 0.25) is 0 Å². The molecule has 3 rings (SSSR count). The molecule has 1 N–H and O–H groups in total. The zero-order valence-corrected chi connectivity index (χ0v) is 14.3. The summed E-state index contributed by atoms with van der Waals surface area (Å²) in [6.45, 7) is 7.05. The standard InChI is InChI=1S/C14H20BrN3OS/c1-8(2)18-5-6-19-10(7-18)13-16-12(9-3-4-9)11(15)14(20)17-13/h8-10H,3-7H2,1-2H3,(H,16,17,20). The van der Waals surface area contributed by atoms with Crippen LogP contribution in [0.4, 0.5) is 0 Å². The first-order chi connectivity index (χ1) is 9.56. The molecule has 110 valence electrons. The van der Waals surface area contributed by atoms with E-state index in [4.69, 9.17) is 17.0 Å². The van der Waals surface area contributed by atoms with E-state index in [0.717, 1.165) is 30.0 Å². The van der Waals surface area contributed by atoms with Crippen molar-refractivity contribution in [2.24, 2.45) is 0 Å². The van der Waals surface area contributed by atoms with E-state index in [1.807, 2.05) is 0 Å². The van der Waals surface area contributed by atoms with Crippen molar-refractivity contribution in [3.05, 3.63) is 20.6 Å². The number of ether oxygens (including phenoxy) is 1. The van der Waals surface area contributed by atoms with Gasteiger partial charge in [0.05, 0.1) is 11.1 Å². The lowest BCUT2D eigenvalue weighted by Crippen LogP contribution is -2.42. The number of nitrogens with zero attached hydrogens (tertiary/aromatic N) is 2. The Kier molecular flexibility index (Phi) is 4.26. The zero-order valence-electron chi connectivity index (χ0n) is 11.9. The molecule has 1 aromatic rings. The predicted octanol–water partition coefficient (Wildman–Crippen LogP) is 3.56. The molecular formula is C14H20BrN3OS. The van der Waals surface area contributed by atoms with Gasteiger partial charge in [-0.05, 0) is 42.6 Å². The highest BCUT2D eigenvalue weighted by molar-refractivity contribution is 9.10. The van der Waals surface area contributed by atoms with Gasteiger partial charge in [0.2, 0.25) is 0 Å². The zero-order chi connectivity index (χ0) is 14.3. The molecule has 0 radical (unpaired) electrons. The molecule has 0 spiro atoms. The molecule has 6 heteroatoms. The number of H-pyrrole nitrogens is 1. The fraction of sp³-hybridized carbons (Fsp3) is 0.714. The highest BCUT2D eigenvalue weighted by atomic mass is 79.9. The first-order valence-corrected chi connectivity index (χ1v) is 8.41. The number of rotatable bonds is 3. The minimum atomic E-state index is -0.00144. The minimum Gasteiger partial charge on any atom is -0.368 e. The maximum absolute atomic E-state index is 5.90. The van der Waals surface area contributed by atoms with Crippen LogP contribution in [0.15, 0.2) is 4.47 Å². The lowest BCUT2D eigenvalue weighted by Gasteiger charge is -2.35. The molecule has 1 aliphatic carbocycles. The van der Waals surface area contributed by atoms with Crippen molar-refractivity contribution in [3.8, 4) is 0 Å². The van der Waals surface area contributed by atoms with Gasteiger partial charge in [-0.15, -0.1) is 0 Å². The van der Waals surface area contributed by atoms with Crippen molar-refractivity contribution in [1.82, 2.24) is 14.9 Å². The van der Waals surface area contributed by atoms with Gasteiger partial charge < -0.3 is 9.72 Å². The summed E-state index contributed by atoms with van der Waals surface area (Å²) >= 11 is 8.94. The number of morpholine rings is 1. The Labute approximate surface area is 133 Å². The van der Waals surface area contributed by atoms with Gasteiger partial charge in [-0.1, -0.05) is 12.2 Å². The molecule has 1 aromatic heterocycles. The second-order valence-electron chi connectivity index (χ2n) is 5.88. The van der Waals surface area contributed by atoms with Crippen molar-refractivity contribution in [2.45, 2.75) is 44.8 Å². The molecule has 20 heavy (non-hydrogen) atoms. The summed E-state index contributed by atoms with van der Waals surface area (Å²) in [5.74, 6) is 1.49. The summed E-state index contributed by atoms with van der Waals surface area (Å²) < 4.78 is 7.50. The van der Waals surface area contributed by atoms with Gasteiger partial charge >= 0.3 is 0 Å². The SMILES string of the molecule is CC(C)N1CCOC(c2nc(=S)c(Br)c(C3CC3)[nH]2)C1. The molecular weight excluding hydrogens is 338 g/mol. The van der Waals surface area contributed by atoms with Crippen LogP contribution in [-0.2, 0) is 4.74 Å². The van der Waals surface area contributed by atoms with E-state index in [-0.39, 0.29) is 6.10 Å². The van der Waals surface area contributed by atoms with E-state index in [0.29, 0.717) is 16.6 Å². The van der Waals surface area contributed by atoms with Crippen LogP contribution in [0.25, 0.3) is 0 Å². The van der Waals surface area contributed by atoms with Gasteiger partial charge in [0.1, 0.15) is 16.6 Å². The fourth-order valence-corrected chi connectivity index (χ4v) is 3.32. The summed E-state index contributed by atoms with van der Waals surface area (Å²) in [6, 6.07) is 0.530. The first-order valence-electron chi connectivity index (χ1n) is 7.21. The Morgan fingerprint density at radius 2 is 2.20 bits per heavy atom. The van der Waals surface area contributed by atoms with E-state index < -0.39 is 0 Å². The number of hydrogen-bond acceptors (Lipinski definition) is 4.